The van der Waals surface area contributed by atoms with E-state index in [0.717, 1.165) is 36.6 Å². The number of rotatable bonds is 7. The van der Waals surface area contributed by atoms with Gasteiger partial charge in [0.2, 0.25) is 0 Å². The van der Waals surface area contributed by atoms with Crippen LogP contribution in [0.4, 0.5) is 9.93 Å². The molecule has 0 bridgehead atoms. The Kier molecular flexibility index (Phi) is 6.33. The van der Waals surface area contributed by atoms with E-state index in [1.165, 1.54) is 11.3 Å². The molecule has 0 unspecified atom stereocenters. The fourth-order valence-corrected chi connectivity index (χ4v) is 2.96. The van der Waals surface area contributed by atoms with Crippen molar-refractivity contribution in [2.24, 2.45) is 0 Å². The van der Waals surface area contributed by atoms with Crippen molar-refractivity contribution in [2.45, 2.75) is 52.8 Å². The van der Waals surface area contributed by atoms with Crippen molar-refractivity contribution in [1.29, 1.82) is 0 Å². The summed E-state index contributed by atoms with van der Waals surface area (Å²) >= 11 is 1.47. The number of amides is 1. The molecule has 8 heteroatoms. The minimum absolute atomic E-state index is 0.476. The van der Waals surface area contributed by atoms with E-state index >= 15 is 0 Å². The molecule has 2 aromatic rings. The maximum atomic E-state index is 11.8. The van der Waals surface area contributed by atoms with E-state index in [2.05, 4.69) is 25.2 Å². The minimum atomic E-state index is -0.518. The van der Waals surface area contributed by atoms with Gasteiger partial charge >= 0.3 is 6.09 Å². The first-order chi connectivity index (χ1) is 11.3. The van der Waals surface area contributed by atoms with Gasteiger partial charge in [-0.05, 0) is 40.7 Å². The highest BCUT2D eigenvalue weighted by Gasteiger charge is 2.18. The van der Waals surface area contributed by atoms with Crippen LogP contribution in [0.1, 0.15) is 37.8 Å². The molecule has 0 saturated carbocycles. The maximum Gasteiger partial charge on any atom is 0.413 e. The van der Waals surface area contributed by atoms with Gasteiger partial charge in [0.15, 0.2) is 5.13 Å². The fourth-order valence-electron chi connectivity index (χ4n) is 2.04. The molecule has 0 atom stereocenters. The van der Waals surface area contributed by atoms with E-state index in [4.69, 9.17) is 4.74 Å². The average molecular weight is 351 g/mol. The van der Waals surface area contributed by atoms with Crippen LogP contribution >= 0.6 is 11.3 Å². The quantitative estimate of drug-likeness (QED) is 0.749. The Morgan fingerprint density at radius 2 is 2.21 bits per heavy atom. The standard InChI is InChI=1S/C16H25N5O2S/c1-12-13(10-17-6-5-8-21-9-7-18-11-21)24-14(19-12)20-15(22)23-16(2,3)4/h7,9,11,17H,5-6,8,10H2,1-4H3,(H,19,20,22). The molecule has 1 amide bonds. The van der Waals surface area contributed by atoms with Crippen LogP contribution in [0.25, 0.3) is 0 Å². The summed E-state index contributed by atoms with van der Waals surface area (Å²) in [5.74, 6) is 0. The van der Waals surface area contributed by atoms with Crippen molar-refractivity contribution in [3.63, 3.8) is 0 Å². The highest BCUT2D eigenvalue weighted by atomic mass is 32.1. The molecular weight excluding hydrogens is 326 g/mol. The van der Waals surface area contributed by atoms with E-state index in [-0.39, 0.29) is 0 Å². The number of ether oxygens (including phenoxy) is 1. The van der Waals surface area contributed by atoms with Crippen LogP contribution in [0.15, 0.2) is 18.7 Å². The van der Waals surface area contributed by atoms with Crippen LogP contribution in [0.5, 0.6) is 0 Å². The van der Waals surface area contributed by atoms with Gasteiger partial charge in [-0.3, -0.25) is 5.32 Å². The van der Waals surface area contributed by atoms with E-state index < -0.39 is 11.7 Å². The first-order valence-corrected chi connectivity index (χ1v) is 8.78. The van der Waals surface area contributed by atoms with Crippen LogP contribution in [-0.4, -0.2) is 32.8 Å². The molecule has 2 heterocycles. The zero-order valence-corrected chi connectivity index (χ0v) is 15.4. The number of aryl methyl sites for hydroxylation is 2. The van der Waals surface area contributed by atoms with Crippen molar-refractivity contribution in [3.05, 3.63) is 29.3 Å². The van der Waals surface area contributed by atoms with Crippen LogP contribution < -0.4 is 10.6 Å². The molecule has 0 saturated heterocycles. The third-order valence-electron chi connectivity index (χ3n) is 3.12. The summed E-state index contributed by atoms with van der Waals surface area (Å²) in [6, 6.07) is 0. The lowest BCUT2D eigenvalue weighted by molar-refractivity contribution is 0.0636. The molecular formula is C16H25N5O2S. The predicted molar refractivity (Wildman–Crippen MR) is 95.3 cm³/mol. The van der Waals surface area contributed by atoms with Crippen LogP contribution in [-0.2, 0) is 17.8 Å². The van der Waals surface area contributed by atoms with Gasteiger partial charge < -0.3 is 14.6 Å². The number of carbonyl (C=O) groups is 1. The highest BCUT2D eigenvalue weighted by Crippen LogP contribution is 2.23. The molecule has 0 spiro atoms. The number of carbonyl (C=O) groups excluding carboxylic acids is 1. The molecule has 2 N–H and O–H groups in total. The van der Waals surface area contributed by atoms with Crippen LogP contribution in [0.3, 0.4) is 0 Å². The van der Waals surface area contributed by atoms with Gasteiger partial charge in [-0.25, -0.2) is 14.8 Å². The Morgan fingerprint density at radius 1 is 1.42 bits per heavy atom. The third-order valence-corrected chi connectivity index (χ3v) is 4.19. The van der Waals surface area contributed by atoms with Crippen molar-refractivity contribution in [1.82, 2.24) is 19.9 Å². The lowest BCUT2D eigenvalue weighted by Crippen LogP contribution is -2.27. The largest absolute Gasteiger partial charge is 0.444 e. The number of nitrogens with one attached hydrogen (secondary N) is 2. The molecule has 132 valence electrons. The van der Waals surface area contributed by atoms with Crippen molar-refractivity contribution >= 4 is 22.6 Å². The maximum absolute atomic E-state index is 11.8. The molecule has 7 nitrogen and oxygen atoms in total. The smallest absolute Gasteiger partial charge is 0.413 e. The molecule has 0 aromatic carbocycles. The van der Waals surface area contributed by atoms with Gasteiger partial charge in [-0.1, -0.05) is 11.3 Å². The predicted octanol–water partition coefficient (Wildman–Crippen LogP) is 3.17. The van der Waals surface area contributed by atoms with Crippen LogP contribution in [0.2, 0.25) is 0 Å². The molecule has 0 radical (unpaired) electrons. The second kappa shape index (κ2) is 8.25. The Hall–Kier alpha value is -1.93. The first-order valence-electron chi connectivity index (χ1n) is 7.96. The Bertz CT molecular complexity index is 646. The molecule has 0 aliphatic carbocycles. The summed E-state index contributed by atoms with van der Waals surface area (Å²) in [6.45, 7) is 10.0. The number of thiazole rings is 1. The highest BCUT2D eigenvalue weighted by molar-refractivity contribution is 7.15. The molecule has 0 aliphatic rings. The number of aromatic nitrogens is 3. The SMILES string of the molecule is Cc1nc(NC(=O)OC(C)(C)C)sc1CNCCCn1ccnc1. The number of anilines is 1. The molecule has 2 aromatic heterocycles. The summed E-state index contributed by atoms with van der Waals surface area (Å²) < 4.78 is 7.29. The molecule has 0 fully saturated rings. The van der Waals surface area contributed by atoms with E-state index in [1.807, 2.05) is 40.2 Å². The summed E-state index contributed by atoms with van der Waals surface area (Å²) in [5.41, 5.74) is 0.406. The minimum Gasteiger partial charge on any atom is -0.444 e. The van der Waals surface area contributed by atoms with Gasteiger partial charge in [-0.15, -0.1) is 0 Å². The summed E-state index contributed by atoms with van der Waals surface area (Å²) in [6.07, 6.45) is 6.12. The Morgan fingerprint density at radius 3 is 2.88 bits per heavy atom. The molecule has 0 aliphatic heterocycles. The van der Waals surface area contributed by atoms with E-state index in [9.17, 15) is 4.79 Å². The fraction of sp³-hybridized carbons (Fsp3) is 0.562. The Labute approximate surface area is 146 Å². The lowest BCUT2D eigenvalue weighted by Gasteiger charge is -2.18. The van der Waals surface area contributed by atoms with Crippen molar-refractivity contribution < 1.29 is 9.53 Å². The summed E-state index contributed by atoms with van der Waals surface area (Å²) in [5, 5.41) is 6.66. The molecule has 24 heavy (non-hydrogen) atoms. The zero-order chi connectivity index (χ0) is 17.6. The van der Waals surface area contributed by atoms with E-state index in [0.29, 0.717) is 5.13 Å². The first kappa shape index (κ1) is 18.4. The van der Waals surface area contributed by atoms with E-state index in [1.54, 1.807) is 6.20 Å². The van der Waals surface area contributed by atoms with Crippen LogP contribution in [0, 0.1) is 6.92 Å². The van der Waals surface area contributed by atoms with Crippen molar-refractivity contribution in [3.8, 4) is 0 Å². The second-order valence-corrected chi connectivity index (χ2v) is 7.57. The van der Waals surface area contributed by atoms with Crippen molar-refractivity contribution in [2.75, 3.05) is 11.9 Å². The summed E-state index contributed by atoms with van der Waals surface area (Å²) in [4.78, 5) is 21.3. The number of nitrogens with zero attached hydrogens (tertiary/aromatic N) is 3. The van der Waals surface area contributed by atoms with Gasteiger partial charge in [0.25, 0.3) is 0 Å². The molecule has 2 rings (SSSR count). The monoisotopic (exact) mass is 351 g/mol. The van der Waals surface area contributed by atoms with Gasteiger partial charge in [-0.2, -0.15) is 0 Å². The second-order valence-electron chi connectivity index (χ2n) is 6.49. The lowest BCUT2D eigenvalue weighted by atomic mass is 10.2. The average Bonchev–Trinajstić information content (AvgIpc) is 3.07. The number of hydrogen-bond donors (Lipinski definition) is 2. The summed E-state index contributed by atoms with van der Waals surface area (Å²) in [7, 11) is 0. The zero-order valence-electron chi connectivity index (χ0n) is 14.6. The topological polar surface area (TPSA) is 81.1 Å². The Balaban J connectivity index is 1.73. The van der Waals surface area contributed by atoms with Gasteiger partial charge in [0, 0.05) is 30.4 Å². The third kappa shape index (κ3) is 6.29. The number of hydrogen-bond acceptors (Lipinski definition) is 6. The van der Waals surface area contributed by atoms with Gasteiger partial charge in [0.1, 0.15) is 5.60 Å². The number of imidazole rings is 1. The normalized spacial score (nSPS) is 11.5. The van der Waals surface area contributed by atoms with Gasteiger partial charge in [0.05, 0.1) is 12.0 Å².